The van der Waals surface area contributed by atoms with E-state index in [1.807, 2.05) is 7.05 Å². The Balaban J connectivity index is 2.26. The highest BCUT2D eigenvalue weighted by Gasteiger charge is 2.47. The Bertz CT molecular complexity index is 804. The average Bonchev–Trinajstić information content (AvgIpc) is 2.92. The summed E-state index contributed by atoms with van der Waals surface area (Å²) < 4.78 is 20.2. The van der Waals surface area contributed by atoms with Crippen LogP contribution in [0.15, 0.2) is 11.0 Å². The van der Waals surface area contributed by atoms with Gasteiger partial charge in [0.25, 0.3) is 5.56 Å². The normalized spacial score (nSPS) is 25.5. The van der Waals surface area contributed by atoms with Crippen molar-refractivity contribution in [3.05, 3.63) is 26.9 Å². The van der Waals surface area contributed by atoms with Crippen molar-refractivity contribution in [2.24, 2.45) is 0 Å². The highest BCUT2D eigenvalue weighted by atomic mass is 32.1. The second-order valence-electron chi connectivity index (χ2n) is 9.04. The molecular formula is C19H35N3O5SSi. The van der Waals surface area contributed by atoms with Crippen molar-refractivity contribution in [2.75, 3.05) is 26.8 Å². The number of nitrogens with one attached hydrogen (secondary N) is 2. The third-order valence-electron chi connectivity index (χ3n) is 5.81. The summed E-state index contributed by atoms with van der Waals surface area (Å²) in [6, 6.07) is 0. The summed E-state index contributed by atoms with van der Waals surface area (Å²) in [6.07, 6.45) is -1.07. The van der Waals surface area contributed by atoms with E-state index >= 15 is 0 Å². The Morgan fingerprint density at radius 3 is 2.66 bits per heavy atom. The molecule has 1 aliphatic rings. The van der Waals surface area contributed by atoms with Gasteiger partial charge in [-0.2, -0.15) is 0 Å². The van der Waals surface area contributed by atoms with Crippen molar-refractivity contribution in [3.8, 4) is 0 Å². The van der Waals surface area contributed by atoms with Gasteiger partial charge in [-0.15, -0.1) is 0 Å². The molecule has 0 spiro atoms. The number of ether oxygens (including phenoxy) is 2. The molecule has 0 aromatic carbocycles. The maximum absolute atomic E-state index is 11.9. The Kier molecular flexibility index (Phi) is 7.99. The fourth-order valence-corrected chi connectivity index (χ4v) is 4.10. The SMILES string of the molecule is CNCCOC1[C@@H](O)[C@@H](CO[Si](C)(C)C(C)(C)C)O[C@H]1n1cc(C)c(=O)[nH]c1=S. The zero-order chi connectivity index (χ0) is 22.0. The summed E-state index contributed by atoms with van der Waals surface area (Å²) in [7, 11) is -0.168. The number of hydrogen-bond donors (Lipinski definition) is 3. The molecule has 166 valence electrons. The molecule has 1 aliphatic heterocycles. The van der Waals surface area contributed by atoms with Crippen molar-refractivity contribution >= 4 is 20.5 Å². The molecule has 10 heteroatoms. The van der Waals surface area contributed by atoms with Gasteiger partial charge in [-0.1, -0.05) is 20.8 Å². The number of likely N-dealkylation sites (N-methyl/N-ethyl adjacent to an activating group) is 1. The maximum Gasteiger partial charge on any atom is 0.254 e. The number of aromatic amines is 1. The molecule has 0 amide bonds. The second kappa shape index (κ2) is 9.50. The first-order chi connectivity index (χ1) is 13.4. The zero-order valence-corrected chi connectivity index (χ0v) is 20.3. The molecule has 29 heavy (non-hydrogen) atoms. The van der Waals surface area contributed by atoms with E-state index in [0.29, 0.717) is 18.7 Å². The first kappa shape index (κ1) is 24.4. The Hall–Kier alpha value is -0.883. The predicted octanol–water partition coefficient (Wildman–Crippen LogP) is 2.10. The largest absolute Gasteiger partial charge is 0.414 e. The van der Waals surface area contributed by atoms with Gasteiger partial charge in [0.05, 0.1) is 13.2 Å². The lowest BCUT2D eigenvalue weighted by Gasteiger charge is -2.37. The summed E-state index contributed by atoms with van der Waals surface area (Å²) in [5.41, 5.74) is 0.266. The van der Waals surface area contributed by atoms with Crippen LogP contribution in [-0.2, 0) is 13.9 Å². The molecule has 0 aliphatic carbocycles. The van der Waals surface area contributed by atoms with Gasteiger partial charge in [-0.25, -0.2) is 0 Å². The summed E-state index contributed by atoms with van der Waals surface area (Å²) in [5.74, 6) is 0. The summed E-state index contributed by atoms with van der Waals surface area (Å²) >= 11 is 5.33. The van der Waals surface area contributed by atoms with E-state index in [-0.39, 0.29) is 22.0 Å². The molecule has 0 radical (unpaired) electrons. The van der Waals surface area contributed by atoms with E-state index < -0.39 is 32.9 Å². The Labute approximate surface area is 178 Å². The van der Waals surface area contributed by atoms with Crippen molar-refractivity contribution in [3.63, 3.8) is 0 Å². The van der Waals surface area contributed by atoms with Crippen LogP contribution >= 0.6 is 12.2 Å². The lowest BCUT2D eigenvalue weighted by Crippen LogP contribution is -2.44. The molecule has 2 rings (SSSR count). The van der Waals surface area contributed by atoms with Crippen molar-refractivity contribution in [2.45, 2.75) is 70.4 Å². The molecule has 8 nitrogen and oxygen atoms in total. The minimum Gasteiger partial charge on any atom is -0.414 e. The van der Waals surface area contributed by atoms with E-state index in [0.717, 1.165) is 0 Å². The number of aliphatic hydroxyl groups is 1. The summed E-state index contributed by atoms with van der Waals surface area (Å²) in [6.45, 7) is 13.8. The molecule has 0 bridgehead atoms. The van der Waals surface area contributed by atoms with Crippen LogP contribution < -0.4 is 10.9 Å². The molecular weight excluding hydrogens is 410 g/mol. The van der Waals surface area contributed by atoms with Crippen molar-refractivity contribution in [1.82, 2.24) is 14.9 Å². The minimum absolute atomic E-state index is 0.0528. The monoisotopic (exact) mass is 445 g/mol. The standard InChI is InChI=1S/C19H35N3O5SSi/c1-12-10-22(18(28)21-16(12)24)17-15(25-9-8-20-5)14(23)13(27-17)11-26-29(6,7)19(2,3)4/h10,13-15,17,20,23H,8-9,11H2,1-7H3,(H,21,24,28)/t13-,14+,15?,17-/m1/s1. The first-order valence-corrected chi connectivity index (χ1v) is 13.3. The fourth-order valence-electron chi connectivity index (χ4n) is 2.84. The van der Waals surface area contributed by atoms with E-state index in [1.165, 1.54) is 0 Å². The highest BCUT2D eigenvalue weighted by Crippen LogP contribution is 2.38. The van der Waals surface area contributed by atoms with Crippen LogP contribution in [-0.4, -0.2) is 68.1 Å². The first-order valence-electron chi connectivity index (χ1n) is 9.95. The maximum atomic E-state index is 11.9. The molecule has 1 aromatic rings. The van der Waals surface area contributed by atoms with Gasteiger partial charge in [-0.05, 0) is 44.3 Å². The lowest BCUT2D eigenvalue weighted by molar-refractivity contribution is -0.0719. The van der Waals surface area contributed by atoms with E-state index in [4.69, 9.17) is 26.1 Å². The number of hydrogen-bond acceptors (Lipinski definition) is 7. The van der Waals surface area contributed by atoms with Crippen LogP contribution in [0.25, 0.3) is 0 Å². The van der Waals surface area contributed by atoms with Gasteiger partial charge in [0, 0.05) is 18.3 Å². The van der Waals surface area contributed by atoms with E-state index in [9.17, 15) is 9.90 Å². The van der Waals surface area contributed by atoms with Gasteiger partial charge >= 0.3 is 0 Å². The van der Waals surface area contributed by atoms with Crippen LogP contribution in [0.2, 0.25) is 18.1 Å². The van der Waals surface area contributed by atoms with Crippen molar-refractivity contribution < 1.29 is 19.0 Å². The molecule has 1 fully saturated rings. The van der Waals surface area contributed by atoms with Gasteiger partial charge in [0.2, 0.25) is 0 Å². The number of H-pyrrole nitrogens is 1. The zero-order valence-electron chi connectivity index (χ0n) is 18.4. The fraction of sp³-hybridized carbons (Fsp3) is 0.789. The van der Waals surface area contributed by atoms with Crippen LogP contribution in [0.3, 0.4) is 0 Å². The smallest absolute Gasteiger partial charge is 0.254 e. The molecule has 0 saturated carbocycles. The topological polar surface area (TPSA) is 97.7 Å². The number of rotatable bonds is 8. The van der Waals surface area contributed by atoms with E-state index in [1.54, 1.807) is 17.7 Å². The lowest BCUT2D eigenvalue weighted by atomic mass is 10.1. The van der Waals surface area contributed by atoms with Gasteiger partial charge < -0.3 is 24.3 Å². The second-order valence-corrected chi connectivity index (χ2v) is 14.2. The minimum atomic E-state index is -2.00. The van der Waals surface area contributed by atoms with Gasteiger partial charge in [0.15, 0.2) is 19.3 Å². The van der Waals surface area contributed by atoms with Crippen LogP contribution in [0.5, 0.6) is 0 Å². The third-order valence-corrected chi connectivity index (χ3v) is 10.6. The number of aliphatic hydroxyl groups excluding tert-OH is 1. The average molecular weight is 446 g/mol. The van der Waals surface area contributed by atoms with Crippen LogP contribution in [0.1, 0.15) is 32.6 Å². The quantitative estimate of drug-likeness (QED) is 0.320. The summed E-state index contributed by atoms with van der Waals surface area (Å²) in [4.78, 5) is 14.5. The Morgan fingerprint density at radius 1 is 1.41 bits per heavy atom. The van der Waals surface area contributed by atoms with Crippen molar-refractivity contribution in [1.29, 1.82) is 0 Å². The summed E-state index contributed by atoms with van der Waals surface area (Å²) in [5, 5.41) is 14.0. The van der Waals surface area contributed by atoms with Crippen LogP contribution in [0.4, 0.5) is 0 Å². The predicted molar refractivity (Wildman–Crippen MR) is 117 cm³/mol. The molecule has 2 heterocycles. The van der Waals surface area contributed by atoms with Crippen LogP contribution in [0, 0.1) is 11.7 Å². The Morgan fingerprint density at radius 2 is 2.07 bits per heavy atom. The number of aryl methyl sites for hydroxylation is 1. The molecule has 3 N–H and O–H groups in total. The highest BCUT2D eigenvalue weighted by molar-refractivity contribution is 7.71. The number of nitrogens with zero attached hydrogens (tertiary/aromatic N) is 1. The van der Waals surface area contributed by atoms with Gasteiger partial charge in [0.1, 0.15) is 18.3 Å². The van der Waals surface area contributed by atoms with Gasteiger partial charge in [-0.3, -0.25) is 14.3 Å². The number of aromatic nitrogens is 2. The molecule has 1 aromatic heterocycles. The molecule has 4 atom stereocenters. The van der Waals surface area contributed by atoms with E-state index in [2.05, 4.69) is 44.2 Å². The third kappa shape index (κ3) is 5.63. The molecule has 1 unspecified atom stereocenters. The molecule has 1 saturated heterocycles.